The van der Waals surface area contributed by atoms with Gasteiger partial charge in [-0.1, -0.05) is 12.8 Å². The fraction of sp³-hybridized carbons (Fsp3) is 0.583. The van der Waals surface area contributed by atoms with E-state index >= 15 is 0 Å². The van der Waals surface area contributed by atoms with Gasteiger partial charge in [0.15, 0.2) is 0 Å². The molecule has 4 N–H and O–H groups in total. The van der Waals surface area contributed by atoms with Crippen molar-refractivity contribution >= 4 is 28.4 Å². The topological polar surface area (TPSA) is 105 Å². The van der Waals surface area contributed by atoms with E-state index < -0.39 is 11.4 Å². The number of aromatic nitrogens is 1. The van der Waals surface area contributed by atoms with E-state index in [1.165, 1.54) is 0 Å². The molecule has 1 aliphatic rings. The molecular weight excluding hydrogens is 266 g/mol. The van der Waals surface area contributed by atoms with Crippen molar-refractivity contribution in [2.75, 3.05) is 11.9 Å². The number of rotatable bonds is 4. The number of nitrogens with zero attached hydrogens (tertiary/aromatic N) is 1. The summed E-state index contributed by atoms with van der Waals surface area (Å²) in [4.78, 5) is 23.5. The molecule has 19 heavy (non-hydrogen) atoms. The Morgan fingerprint density at radius 3 is 2.63 bits per heavy atom. The molecule has 0 spiro atoms. The van der Waals surface area contributed by atoms with Gasteiger partial charge in [0.05, 0.1) is 11.1 Å². The number of carboxylic acids is 1. The van der Waals surface area contributed by atoms with Gasteiger partial charge in [0.2, 0.25) is 5.91 Å². The van der Waals surface area contributed by atoms with E-state index in [9.17, 15) is 9.59 Å². The predicted molar refractivity (Wildman–Crippen MR) is 72.4 cm³/mol. The molecular formula is C12H17N3O3S. The van der Waals surface area contributed by atoms with E-state index in [0.29, 0.717) is 17.2 Å². The molecule has 1 amide bonds. The molecule has 0 saturated heterocycles. The molecule has 0 atom stereocenters. The number of carbonyl (C=O) groups is 2. The molecule has 1 aromatic heterocycles. The maximum Gasteiger partial charge on any atom is 0.340 e. The molecule has 7 heteroatoms. The highest BCUT2D eigenvalue weighted by molar-refractivity contribution is 7.11. The van der Waals surface area contributed by atoms with E-state index in [4.69, 9.17) is 10.8 Å². The van der Waals surface area contributed by atoms with E-state index in [0.717, 1.165) is 37.2 Å². The summed E-state index contributed by atoms with van der Waals surface area (Å²) in [5.41, 5.74) is 5.68. The fourth-order valence-electron chi connectivity index (χ4n) is 2.52. The minimum atomic E-state index is -1.07. The number of aryl methyl sites for hydroxylation is 1. The second-order valence-electron chi connectivity index (χ2n) is 4.92. The van der Waals surface area contributed by atoms with Crippen LogP contribution in [0.5, 0.6) is 0 Å². The van der Waals surface area contributed by atoms with Crippen LogP contribution in [-0.2, 0) is 4.79 Å². The quantitative estimate of drug-likeness (QED) is 0.778. The molecule has 0 aliphatic heterocycles. The first kappa shape index (κ1) is 14.0. The number of aromatic carboxylic acids is 1. The van der Waals surface area contributed by atoms with Crippen molar-refractivity contribution < 1.29 is 14.7 Å². The van der Waals surface area contributed by atoms with Crippen molar-refractivity contribution in [3.63, 3.8) is 0 Å². The minimum Gasteiger partial charge on any atom is -0.478 e. The van der Waals surface area contributed by atoms with Gasteiger partial charge in [-0.05, 0) is 31.3 Å². The van der Waals surface area contributed by atoms with Crippen molar-refractivity contribution in [2.45, 2.75) is 32.6 Å². The lowest BCUT2D eigenvalue weighted by atomic mass is 9.85. The lowest BCUT2D eigenvalue weighted by molar-refractivity contribution is -0.124. The summed E-state index contributed by atoms with van der Waals surface area (Å²) < 4.78 is 3.98. The van der Waals surface area contributed by atoms with Crippen LogP contribution < -0.4 is 11.1 Å². The molecule has 2 rings (SSSR count). The Bertz CT molecular complexity index is 506. The van der Waals surface area contributed by atoms with Crippen molar-refractivity contribution in [3.8, 4) is 0 Å². The van der Waals surface area contributed by atoms with Crippen LogP contribution >= 0.6 is 11.5 Å². The molecule has 6 nitrogen and oxygen atoms in total. The van der Waals surface area contributed by atoms with Gasteiger partial charge >= 0.3 is 5.97 Å². The maximum atomic E-state index is 12.3. The number of carboxylic acid groups (broad SMARTS) is 1. The van der Waals surface area contributed by atoms with Crippen LogP contribution in [-0.4, -0.2) is 27.9 Å². The number of nitrogens with two attached hydrogens (primary N) is 1. The number of amides is 1. The second kappa shape index (κ2) is 5.26. The minimum absolute atomic E-state index is 0.0727. The van der Waals surface area contributed by atoms with Crippen LogP contribution in [0.15, 0.2) is 0 Å². The van der Waals surface area contributed by atoms with Crippen LogP contribution in [0, 0.1) is 12.3 Å². The van der Waals surface area contributed by atoms with E-state index in [1.807, 2.05) is 0 Å². The summed E-state index contributed by atoms with van der Waals surface area (Å²) in [6.07, 6.45) is 3.49. The summed E-state index contributed by atoms with van der Waals surface area (Å²) in [6.45, 7) is 1.91. The molecule has 0 bridgehead atoms. The standard InChI is InChI=1S/C12H17N3O3S/c1-7-8(10(16)17)9(19-15-7)14-11(18)12(6-13)4-2-3-5-12/h2-6,13H2,1H3,(H,14,18)(H,16,17). The molecule has 0 unspecified atom stereocenters. The molecule has 0 radical (unpaired) electrons. The Labute approximate surface area is 115 Å². The smallest absolute Gasteiger partial charge is 0.340 e. The van der Waals surface area contributed by atoms with E-state index in [1.54, 1.807) is 6.92 Å². The zero-order valence-electron chi connectivity index (χ0n) is 10.7. The van der Waals surface area contributed by atoms with Crippen molar-refractivity contribution in [2.24, 2.45) is 11.1 Å². The number of anilines is 1. The fourth-order valence-corrected chi connectivity index (χ4v) is 3.30. The van der Waals surface area contributed by atoms with Gasteiger partial charge in [-0.2, -0.15) is 4.37 Å². The highest BCUT2D eigenvalue weighted by atomic mass is 32.1. The average Bonchev–Trinajstić information content (AvgIpc) is 2.97. The number of hydrogen-bond donors (Lipinski definition) is 3. The molecule has 1 aliphatic carbocycles. The van der Waals surface area contributed by atoms with Gasteiger partial charge in [0.1, 0.15) is 10.6 Å². The van der Waals surface area contributed by atoms with Crippen LogP contribution in [0.2, 0.25) is 0 Å². The van der Waals surface area contributed by atoms with Gasteiger partial charge in [-0.25, -0.2) is 4.79 Å². The summed E-state index contributed by atoms with van der Waals surface area (Å²) >= 11 is 0.997. The highest BCUT2D eigenvalue weighted by Crippen LogP contribution is 2.39. The third-order valence-electron chi connectivity index (χ3n) is 3.74. The molecule has 1 aromatic rings. The molecule has 1 fully saturated rings. The molecule has 104 valence electrons. The molecule has 0 aromatic carbocycles. The third kappa shape index (κ3) is 2.48. The zero-order valence-corrected chi connectivity index (χ0v) is 11.5. The summed E-state index contributed by atoms with van der Waals surface area (Å²) in [5.74, 6) is -1.26. The van der Waals surface area contributed by atoms with Crippen LogP contribution in [0.1, 0.15) is 41.7 Å². The van der Waals surface area contributed by atoms with Gasteiger partial charge in [0.25, 0.3) is 0 Å². The van der Waals surface area contributed by atoms with Gasteiger partial charge < -0.3 is 16.2 Å². The molecule has 1 heterocycles. The largest absolute Gasteiger partial charge is 0.478 e. The SMILES string of the molecule is Cc1nsc(NC(=O)C2(CN)CCCC2)c1C(=O)O. The van der Waals surface area contributed by atoms with Gasteiger partial charge in [-0.15, -0.1) is 0 Å². The maximum absolute atomic E-state index is 12.3. The van der Waals surface area contributed by atoms with Crippen molar-refractivity contribution in [1.82, 2.24) is 4.37 Å². The number of hydrogen-bond acceptors (Lipinski definition) is 5. The zero-order chi connectivity index (χ0) is 14.0. The first-order chi connectivity index (χ1) is 9.00. The predicted octanol–water partition coefficient (Wildman–Crippen LogP) is 1.61. The average molecular weight is 283 g/mol. The van der Waals surface area contributed by atoms with Gasteiger partial charge in [-0.3, -0.25) is 4.79 Å². The normalized spacial score (nSPS) is 17.4. The highest BCUT2D eigenvalue weighted by Gasteiger charge is 2.40. The Balaban J connectivity index is 2.22. The first-order valence-corrected chi connectivity index (χ1v) is 6.98. The van der Waals surface area contributed by atoms with E-state index in [2.05, 4.69) is 9.69 Å². The van der Waals surface area contributed by atoms with Crippen molar-refractivity contribution in [3.05, 3.63) is 11.3 Å². The summed E-state index contributed by atoms with van der Waals surface area (Å²) in [7, 11) is 0. The lowest BCUT2D eigenvalue weighted by Crippen LogP contribution is -2.40. The summed E-state index contributed by atoms with van der Waals surface area (Å²) in [5, 5.41) is 12.1. The summed E-state index contributed by atoms with van der Waals surface area (Å²) in [6, 6.07) is 0. The van der Waals surface area contributed by atoms with Crippen LogP contribution in [0.3, 0.4) is 0 Å². The Morgan fingerprint density at radius 2 is 2.11 bits per heavy atom. The Morgan fingerprint density at radius 1 is 1.47 bits per heavy atom. The van der Waals surface area contributed by atoms with Gasteiger partial charge in [0, 0.05) is 6.54 Å². The van der Waals surface area contributed by atoms with Crippen molar-refractivity contribution in [1.29, 1.82) is 0 Å². The third-order valence-corrected chi connectivity index (χ3v) is 4.59. The Hall–Kier alpha value is -1.47. The molecule has 1 saturated carbocycles. The van der Waals surface area contributed by atoms with E-state index in [-0.39, 0.29) is 11.5 Å². The Kier molecular flexibility index (Phi) is 3.86. The lowest BCUT2D eigenvalue weighted by Gasteiger charge is -2.25. The first-order valence-electron chi connectivity index (χ1n) is 6.21. The second-order valence-corrected chi connectivity index (χ2v) is 5.70. The number of nitrogens with one attached hydrogen (secondary N) is 1. The van der Waals surface area contributed by atoms with Crippen LogP contribution in [0.25, 0.3) is 0 Å². The van der Waals surface area contributed by atoms with Crippen LogP contribution in [0.4, 0.5) is 5.00 Å². The number of carbonyl (C=O) groups excluding carboxylic acids is 1. The monoisotopic (exact) mass is 283 g/mol.